The Hall–Kier alpha value is -1.60. The lowest BCUT2D eigenvalue weighted by Crippen LogP contribution is -2.22. The zero-order chi connectivity index (χ0) is 15.2. The molecule has 2 aromatic carbocycles. The summed E-state index contributed by atoms with van der Waals surface area (Å²) in [6.07, 6.45) is 1.19. The van der Waals surface area contributed by atoms with Crippen LogP contribution in [0.2, 0.25) is 0 Å². The molecule has 2 rings (SSSR count). The van der Waals surface area contributed by atoms with Crippen LogP contribution in [0.15, 0.2) is 54.6 Å². The molecular formula is C20H27N. The molecule has 112 valence electrons. The molecule has 0 aliphatic heterocycles. The third kappa shape index (κ3) is 3.74. The summed E-state index contributed by atoms with van der Waals surface area (Å²) >= 11 is 0. The number of hydrogen-bond donors (Lipinski definition) is 1. The minimum atomic E-state index is 0.346. The van der Waals surface area contributed by atoms with Gasteiger partial charge in [0.15, 0.2) is 0 Å². The SMILES string of the molecule is CCC(C)c1ccc(C(NC)C(C)c2ccccc2)cc1. The molecule has 0 amide bonds. The molecule has 0 spiro atoms. The maximum atomic E-state index is 3.48. The molecular weight excluding hydrogens is 254 g/mol. The van der Waals surface area contributed by atoms with Gasteiger partial charge in [0.2, 0.25) is 0 Å². The van der Waals surface area contributed by atoms with Gasteiger partial charge in [0.05, 0.1) is 0 Å². The van der Waals surface area contributed by atoms with E-state index in [9.17, 15) is 0 Å². The first-order valence-corrected chi connectivity index (χ1v) is 7.99. The van der Waals surface area contributed by atoms with Gasteiger partial charge in [0.25, 0.3) is 0 Å². The summed E-state index contributed by atoms with van der Waals surface area (Å²) in [5, 5.41) is 3.48. The Morgan fingerprint density at radius 2 is 1.38 bits per heavy atom. The van der Waals surface area contributed by atoms with Gasteiger partial charge in [-0.25, -0.2) is 0 Å². The van der Waals surface area contributed by atoms with Crippen LogP contribution in [-0.2, 0) is 0 Å². The van der Waals surface area contributed by atoms with E-state index >= 15 is 0 Å². The highest BCUT2D eigenvalue weighted by Gasteiger charge is 2.19. The van der Waals surface area contributed by atoms with Crippen molar-refractivity contribution in [2.24, 2.45) is 0 Å². The highest BCUT2D eigenvalue weighted by molar-refractivity contribution is 5.31. The average molecular weight is 281 g/mol. The predicted octanol–water partition coefficient (Wildman–Crippen LogP) is 5.26. The van der Waals surface area contributed by atoms with Crippen LogP contribution in [0.1, 0.15) is 61.8 Å². The molecule has 0 heterocycles. The molecule has 1 nitrogen and oxygen atoms in total. The fourth-order valence-corrected chi connectivity index (χ4v) is 2.92. The maximum Gasteiger partial charge on any atom is 0.0384 e. The Labute approximate surface area is 129 Å². The Balaban J connectivity index is 2.21. The molecule has 0 aliphatic carbocycles. The first-order valence-electron chi connectivity index (χ1n) is 7.99. The fraction of sp³-hybridized carbons (Fsp3) is 0.400. The van der Waals surface area contributed by atoms with E-state index in [4.69, 9.17) is 0 Å². The number of rotatable bonds is 6. The number of benzene rings is 2. The van der Waals surface area contributed by atoms with Crippen LogP contribution < -0.4 is 5.32 Å². The third-order valence-electron chi connectivity index (χ3n) is 4.61. The summed E-state index contributed by atoms with van der Waals surface area (Å²) in [7, 11) is 2.05. The molecule has 2 aromatic rings. The van der Waals surface area contributed by atoms with E-state index in [1.165, 1.54) is 23.1 Å². The van der Waals surface area contributed by atoms with E-state index in [2.05, 4.69) is 80.7 Å². The molecule has 0 saturated carbocycles. The number of nitrogens with one attached hydrogen (secondary N) is 1. The quantitative estimate of drug-likeness (QED) is 0.761. The summed E-state index contributed by atoms with van der Waals surface area (Å²) in [6.45, 7) is 6.82. The Bertz CT molecular complexity index is 530. The zero-order valence-electron chi connectivity index (χ0n) is 13.6. The van der Waals surface area contributed by atoms with Crippen LogP contribution in [-0.4, -0.2) is 7.05 Å². The largest absolute Gasteiger partial charge is 0.312 e. The number of hydrogen-bond acceptors (Lipinski definition) is 1. The summed E-state index contributed by atoms with van der Waals surface area (Å²) in [6, 6.07) is 20.2. The maximum absolute atomic E-state index is 3.48. The van der Waals surface area contributed by atoms with Crippen LogP contribution in [0.4, 0.5) is 0 Å². The van der Waals surface area contributed by atoms with E-state index in [1.807, 2.05) is 7.05 Å². The lowest BCUT2D eigenvalue weighted by Gasteiger charge is -2.25. The summed E-state index contributed by atoms with van der Waals surface area (Å²) in [5.41, 5.74) is 4.17. The molecule has 21 heavy (non-hydrogen) atoms. The van der Waals surface area contributed by atoms with E-state index in [0.29, 0.717) is 17.9 Å². The van der Waals surface area contributed by atoms with Crippen molar-refractivity contribution in [2.45, 2.75) is 45.1 Å². The van der Waals surface area contributed by atoms with Crippen molar-refractivity contribution in [1.82, 2.24) is 5.32 Å². The van der Waals surface area contributed by atoms with Crippen molar-refractivity contribution in [1.29, 1.82) is 0 Å². The highest BCUT2D eigenvalue weighted by atomic mass is 14.9. The molecule has 1 N–H and O–H groups in total. The lowest BCUT2D eigenvalue weighted by molar-refractivity contribution is 0.507. The molecule has 3 unspecified atom stereocenters. The Kier molecular flexibility index (Phi) is 5.58. The Morgan fingerprint density at radius 1 is 0.810 bits per heavy atom. The van der Waals surface area contributed by atoms with Gasteiger partial charge in [0, 0.05) is 12.0 Å². The van der Waals surface area contributed by atoms with Crippen molar-refractivity contribution in [3.05, 3.63) is 71.3 Å². The highest BCUT2D eigenvalue weighted by Crippen LogP contribution is 2.31. The van der Waals surface area contributed by atoms with Crippen LogP contribution in [0.25, 0.3) is 0 Å². The van der Waals surface area contributed by atoms with E-state index < -0.39 is 0 Å². The van der Waals surface area contributed by atoms with Crippen molar-refractivity contribution in [3.8, 4) is 0 Å². The molecule has 0 aliphatic rings. The Morgan fingerprint density at radius 3 is 1.90 bits per heavy atom. The first-order chi connectivity index (χ1) is 10.2. The van der Waals surface area contributed by atoms with Gasteiger partial charge < -0.3 is 5.32 Å². The third-order valence-corrected chi connectivity index (χ3v) is 4.61. The van der Waals surface area contributed by atoms with Crippen LogP contribution in [0, 0.1) is 0 Å². The molecule has 0 saturated heterocycles. The molecule has 0 aromatic heterocycles. The van der Waals surface area contributed by atoms with Gasteiger partial charge in [0.1, 0.15) is 0 Å². The van der Waals surface area contributed by atoms with Crippen molar-refractivity contribution in [2.75, 3.05) is 7.05 Å². The van der Waals surface area contributed by atoms with Gasteiger partial charge in [-0.15, -0.1) is 0 Å². The van der Waals surface area contributed by atoms with E-state index in [-0.39, 0.29) is 0 Å². The van der Waals surface area contributed by atoms with Crippen LogP contribution >= 0.6 is 0 Å². The summed E-state index contributed by atoms with van der Waals surface area (Å²) in [5.74, 6) is 1.09. The number of likely N-dealkylation sites (N-methyl/N-ethyl adjacent to an activating group) is 1. The van der Waals surface area contributed by atoms with Gasteiger partial charge in [-0.05, 0) is 36.1 Å². The van der Waals surface area contributed by atoms with E-state index in [1.54, 1.807) is 0 Å². The zero-order valence-corrected chi connectivity index (χ0v) is 13.6. The van der Waals surface area contributed by atoms with Gasteiger partial charge in [-0.2, -0.15) is 0 Å². The molecule has 1 heteroatoms. The normalized spacial score (nSPS) is 15.4. The minimum Gasteiger partial charge on any atom is -0.312 e. The van der Waals surface area contributed by atoms with Gasteiger partial charge in [-0.3, -0.25) is 0 Å². The van der Waals surface area contributed by atoms with Gasteiger partial charge >= 0.3 is 0 Å². The lowest BCUT2D eigenvalue weighted by atomic mass is 9.87. The fourth-order valence-electron chi connectivity index (χ4n) is 2.92. The van der Waals surface area contributed by atoms with Crippen molar-refractivity contribution < 1.29 is 0 Å². The second-order valence-corrected chi connectivity index (χ2v) is 5.94. The second kappa shape index (κ2) is 7.42. The smallest absolute Gasteiger partial charge is 0.0384 e. The first kappa shape index (κ1) is 15.8. The minimum absolute atomic E-state index is 0.346. The molecule has 0 bridgehead atoms. The van der Waals surface area contributed by atoms with Gasteiger partial charge in [-0.1, -0.05) is 75.4 Å². The predicted molar refractivity (Wildman–Crippen MR) is 91.8 cm³/mol. The van der Waals surface area contributed by atoms with Crippen LogP contribution in [0.5, 0.6) is 0 Å². The average Bonchev–Trinajstić information content (AvgIpc) is 2.56. The topological polar surface area (TPSA) is 12.0 Å². The summed E-state index contributed by atoms with van der Waals surface area (Å²) in [4.78, 5) is 0. The van der Waals surface area contributed by atoms with Crippen molar-refractivity contribution in [3.63, 3.8) is 0 Å². The molecule has 0 radical (unpaired) electrons. The molecule has 0 fully saturated rings. The van der Waals surface area contributed by atoms with Crippen molar-refractivity contribution >= 4 is 0 Å². The molecule has 3 atom stereocenters. The second-order valence-electron chi connectivity index (χ2n) is 5.94. The van der Waals surface area contributed by atoms with E-state index in [0.717, 1.165) is 0 Å². The standard InChI is InChI=1S/C20H27N/c1-5-15(2)17-11-13-19(14-12-17)20(21-4)16(3)18-9-7-6-8-10-18/h6-16,20-21H,5H2,1-4H3. The monoisotopic (exact) mass is 281 g/mol. The summed E-state index contributed by atoms with van der Waals surface area (Å²) < 4.78 is 0. The van der Waals surface area contributed by atoms with Crippen LogP contribution in [0.3, 0.4) is 0 Å².